The normalized spacial score (nSPS) is 10.6. The molecule has 2 N–H and O–H groups in total. The van der Waals surface area contributed by atoms with Crippen molar-refractivity contribution in [1.29, 1.82) is 0 Å². The van der Waals surface area contributed by atoms with E-state index in [0.29, 0.717) is 17.5 Å². The Kier molecular flexibility index (Phi) is 6.34. The van der Waals surface area contributed by atoms with Gasteiger partial charge in [0.2, 0.25) is 0 Å². The van der Waals surface area contributed by atoms with Gasteiger partial charge in [0.15, 0.2) is 11.6 Å². The summed E-state index contributed by atoms with van der Waals surface area (Å²) in [5.74, 6) is 2.59. The van der Waals surface area contributed by atoms with Gasteiger partial charge in [0.25, 0.3) is 0 Å². The molecule has 0 atom stereocenters. The van der Waals surface area contributed by atoms with E-state index >= 15 is 0 Å². The van der Waals surface area contributed by atoms with Crippen LogP contribution < -0.4 is 10.1 Å². The average Bonchev–Trinajstić information content (AvgIpc) is 3.28. The third kappa shape index (κ3) is 4.42. The second-order valence-corrected chi connectivity index (χ2v) is 7.74. The van der Waals surface area contributed by atoms with E-state index in [1.54, 1.807) is 19.5 Å². The number of ether oxygens (including phenoxy) is 1. The first-order valence-electron chi connectivity index (χ1n) is 9.54. The summed E-state index contributed by atoms with van der Waals surface area (Å²) in [5, 5.41) is 11.7. The molecule has 3 heterocycles. The minimum absolute atomic E-state index is 0. The molecule has 0 saturated heterocycles. The summed E-state index contributed by atoms with van der Waals surface area (Å²) in [5.41, 5.74) is 3.55. The molecule has 0 radical (unpaired) electrons. The van der Waals surface area contributed by atoms with Crippen molar-refractivity contribution < 1.29 is 4.74 Å². The molecule has 5 rings (SSSR count). The van der Waals surface area contributed by atoms with E-state index in [9.17, 15) is 0 Å². The zero-order valence-electron chi connectivity index (χ0n) is 16.9. The second kappa shape index (κ2) is 9.33. The number of nitrogens with zero attached hydrogens (tertiary/aromatic N) is 4. The Morgan fingerprint density at radius 1 is 0.969 bits per heavy atom. The van der Waals surface area contributed by atoms with E-state index < -0.39 is 0 Å². The number of benzene rings is 2. The van der Waals surface area contributed by atoms with Crippen LogP contribution in [0, 0.1) is 0 Å². The number of hydrogen-bond acceptors (Lipinski definition) is 6. The Morgan fingerprint density at radius 2 is 1.84 bits per heavy atom. The fourth-order valence-corrected chi connectivity index (χ4v) is 3.66. The van der Waals surface area contributed by atoms with Gasteiger partial charge >= 0.3 is 0 Å². The monoisotopic (exact) mass is 508 g/mol. The van der Waals surface area contributed by atoms with Crippen LogP contribution in [0.3, 0.4) is 0 Å². The molecule has 5 aromatic rings. The van der Waals surface area contributed by atoms with Crippen LogP contribution in [0.1, 0.15) is 0 Å². The SMILES string of the molecule is COc1ccc2nc(-c3cccnc3)nc(Nc3cc(-c4cccc(Br)c4)[nH]n3)c2c1.Cl. The lowest BCUT2D eigenvalue weighted by Crippen LogP contribution is -2.00. The lowest BCUT2D eigenvalue weighted by Gasteiger charge is -2.10. The maximum atomic E-state index is 5.40. The van der Waals surface area contributed by atoms with Crippen LogP contribution in [-0.2, 0) is 0 Å². The Morgan fingerprint density at radius 3 is 2.62 bits per heavy atom. The molecule has 0 saturated carbocycles. The van der Waals surface area contributed by atoms with Crippen molar-refractivity contribution in [3.05, 3.63) is 77.5 Å². The zero-order valence-corrected chi connectivity index (χ0v) is 19.3. The van der Waals surface area contributed by atoms with E-state index in [0.717, 1.165) is 37.9 Å². The van der Waals surface area contributed by atoms with Crippen LogP contribution in [0.4, 0.5) is 11.6 Å². The number of fused-ring (bicyclic) bond motifs is 1. The van der Waals surface area contributed by atoms with Crippen LogP contribution in [0.25, 0.3) is 33.5 Å². The molecule has 0 aliphatic rings. The number of nitrogens with one attached hydrogen (secondary N) is 2. The Hall–Kier alpha value is -3.49. The molecule has 0 aliphatic carbocycles. The number of anilines is 2. The predicted molar refractivity (Wildman–Crippen MR) is 132 cm³/mol. The molecule has 7 nitrogen and oxygen atoms in total. The minimum Gasteiger partial charge on any atom is -0.497 e. The Bertz CT molecular complexity index is 1380. The van der Waals surface area contributed by atoms with Crippen molar-refractivity contribution in [3.63, 3.8) is 0 Å². The highest BCUT2D eigenvalue weighted by molar-refractivity contribution is 9.10. The number of hydrogen-bond donors (Lipinski definition) is 2. The molecule has 0 amide bonds. The highest BCUT2D eigenvalue weighted by Gasteiger charge is 2.13. The smallest absolute Gasteiger partial charge is 0.163 e. The maximum absolute atomic E-state index is 5.40. The first-order chi connectivity index (χ1) is 15.2. The van der Waals surface area contributed by atoms with Crippen LogP contribution in [0.2, 0.25) is 0 Å². The molecule has 0 aliphatic heterocycles. The van der Waals surface area contributed by atoms with Crippen LogP contribution in [0.15, 0.2) is 77.5 Å². The second-order valence-electron chi connectivity index (χ2n) is 6.82. The van der Waals surface area contributed by atoms with Gasteiger partial charge in [-0.1, -0.05) is 28.1 Å². The molecular weight excluding hydrogens is 492 g/mol. The quantitative estimate of drug-likeness (QED) is 0.301. The average molecular weight is 510 g/mol. The lowest BCUT2D eigenvalue weighted by atomic mass is 10.1. The van der Waals surface area contributed by atoms with Crippen molar-refractivity contribution in [2.24, 2.45) is 0 Å². The summed E-state index contributed by atoms with van der Waals surface area (Å²) in [6.07, 6.45) is 3.47. The predicted octanol–water partition coefficient (Wildman–Crippen LogP) is 6.02. The summed E-state index contributed by atoms with van der Waals surface area (Å²) < 4.78 is 6.40. The molecule has 32 heavy (non-hydrogen) atoms. The fraction of sp³-hybridized carbons (Fsp3) is 0.0435. The highest BCUT2D eigenvalue weighted by Crippen LogP contribution is 2.30. The van der Waals surface area contributed by atoms with Crippen LogP contribution in [-0.4, -0.2) is 32.3 Å². The van der Waals surface area contributed by atoms with Gasteiger partial charge in [0.05, 0.1) is 18.3 Å². The van der Waals surface area contributed by atoms with E-state index in [1.807, 2.05) is 60.7 Å². The number of H-pyrrole nitrogens is 1. The third-order valence-electron chi connectivity index (χ3n) is 4.78. The van der Waals surface area contributed by atoms with E-state index in [2.05, 4.69) is 36.4 Å². The molecule has 9 heteroatoms. The number of rotatable bonds is 5. The number of halogens is 2. The van der Waals surface area contributed by atoms with Crippen molar-refractivity contribution in [2.75, 3.05) is 12.4 Å². The number of aromatic amines is 1. The van der Waals surface area contributed by atoms with Gasteiger partial charge in [-0.2, -0.15) is 5.10 Å². The molecule has 2 aromatic carbocycles. The molecule has 160 valence electrons. The summed E-state index contributed by atoms with van der Waals surface area (Å²) >= 11 is 3.51. The molecular formula is C23H18BrClN6O. The van der Waals surface area contributed by atoms with Crippen LogP contribution in [0.5, 0.6) is 5.75 Å². The Balaban J connectivity index is 0.00000245. The van der Waals surface area contributed by atoms with Crippen LogP contribution >= 0.6 is 28.3 Å². The van der Waals surface area contributed by atoms with Crippen molar-refractivity contribution in [1.82, 2.24) is 25.1 Å². The van der Waals surface area contributed by atoms with E-state index in [-0.39, 0.29) is 12.4 Å². The zero-order chi connectivity index (χ0) is 21.2. The van der Waals surface area contributed by atoms with Gasteiger partial charge < -0.3 is 10.1 Å². The van der Waals surface area contributed by atoms with Gasteiger partial charge in [-0.15, -0.1) is 12.4 Å². The van der Waals surface area contributed by atoms with Crippen molar-refractivity contribution >= 4 is 50.9 Å². The lowest BCUT2D eigenvalue weighted by molar-refractivity contribution is 0.415. The van der Waals surface area contributed by atoms with E-state index in [4.69, 9.17) is 14.7 Å². The van der Waals surface area contributed by atoms with E-state index in [1.165, 1.54) is 0 Å². The summed E-state index contributed by atoms with van der Waals surface area (Å²) in [6, 6.07) is 19.5. The molecule has 0 spiro atoms. The molecule has 0 bridgehead atoms. The van der Waals surface area contributed by atoms with Gasteiger partial charge in [0, 0.05) is 39.4 Å². The Labute approximate surface area is 198 Å². The largest absolute Gasteiger partial charge is 0.497 e. The third-order valence-corrected chi connectivity index (χ3v) is 5.28. The standard InChI is InChI=1S/C23H17BrN6O.ClH/c1-31-17-7-8-19-18(11-17)23(28-22(26-19)15-5-3-9-25-13-15)27-21-12-20(29-30-21)14-4-2-6-16(24)10-14;/h2-13H,1H3,(H2,26,27,28,29,30);1H. The highest BCUT2D eigenvalue weighted by atomic mass is 79.9. The van der Waals surface area contributed by atoms with Gasteiger partial charge in [-0.25, -0.2) is 9.97 Å². The van der Waals surface area contributed by atoms with Gasteiger partial charge in [-0.3, -0.25) is 10.1 Å². The maximum Gasteiger partial charge on any atom is 0.163 e. The summed E-state index contributed by atoms with van der Waals surface area (Å²) in [7, 11) is 1.64. The molecule has 0 unspecified atom stereocenters. The minimum atomic E-state index is 0. The summed E-state index contributed by atoms with van der Waals surface area (Å²) in [6.45, 7) is 0. The summed E-state index contributed by atoms with van der Waals surface area (Å²) in [4.78, 5) is 13.6. The first-order valence-corrected chi connectivity index (χ1v) is 10.3. The number of aromatic nitrogens is 5. The van der Waals surface area contributed by atoms with Crippen molar-refractivity contribution in [2.45, 2.75) is 0 Å². The topological polar surface area (TPSA) is 88.6 Å². The number of pyridine rings is 1. The molecule has 0 fully saturated rings. The molecule has 3 aromatic heterocycles. The first kappa shape index (κ1) is 21.7. The number of methoxy groups -OCH3 is 1. The van der Waals surface area contributed by atoms with Crippen molar-refractivity contribution in [3.8, 4) is 28.4 Å². The fourth-order valence-electron chi connectivity index (χ4n) is 3.26. The van der Waals surface area contributed by atoms with Gasteiger partial charge in [-0.05, 0) is 42.5 Å². The van der Waals surface area contributed by atoms with Gasteiger partial charge in [0.1, 0.15) is 11.6 Å².